The van der Waals surface area contributed by atoms with Crippen LogP contribution < -0.4 is 10.6 Å². The van der Waals surface area contributed by atoms with Crippen molar-refractivity contribution in [2.75, 3.05) is 24.2 Å². The highest BCUT2D eigenvalue weighted by Gasteiger charge is 2.30. The van der Waals surface area contributed by atoms with Crippen molar-refractivity contribution in [3.63, 3.8) is 0 Å². The minimum atomic E-state index is -4.23. The predicted octanol–water partition coefficient (Wildman–Crippen LogP) is 1.97. The molecule has 0 aromatic carbocycles. The maximum absolute atomic E-state index is 12.1. The van der Waals surface area contributed by atoms with Crippen LogP contribution >= 0.6 is 0 Å². The zero-order valence-electron chi connectivity index (χ0n) is 8.47. The second-order valence-electron chi connectivity index (χ2n) is 3.38. The largest absolute Gasteiger partial charge is 0.405 e. The van der Waals surface area contributed by atoms with E-state index in [-0.39, 0.29) is 0 Å². The number of aryl methyl sites for hydroxylation is 1. The number of nitrogens with zero attached hydrogens (tertiary/aromatic N) is 2. The number of aromatic nitrogens is 1. The Kier molecular flexibility index (Phi) is 3.06. The number of pyridine rings is 1. The van der Waals surface area contributed by atoms with Crippen LogP contribution in [0.2, 0.25) is 0 Å². The average Bonchev–Trinajstić information content (AvgIpc) is 1.99. The van der Waals surface area contributed by atoms with Gasteiger partial charge in [-0.25, -0.2) is 4.98 Å². The van der Waals surface area contributed by atoms with Crippen molar-refractivity contribution in [1.82, 2.24) is 4.98 Å². The number of nitrogen functional groups attached to an aromatic ring is 1. The Balaban J connectivity index is 2.87. The molecule has 0 bridgehead atoms. The lowest BCUT2D eigenvalue weighted by molar-refractivity contribution is -0.119. The van der Waals surface area contributed by atoms with Gasteiger partial charge in [-0.1, -0.05) is 0 Å². The highest BCUT2D eigenvalue weighted by Crippen LogP contribution is 2.22. The lowest BCUT2D eigenvalue weighted by atomic mass is 10.2. The smallest absolute Gasteiger partial charge is 0.397 e. The van der Waals surface area contributed by atoms with E-state index in [1.54, 1.807) is 13.0 Å². The number of hydrogen-bond acceptors (Lipinski definition) is 3. The van der Waals surface area contributed by atoms with Crippen LogP contribution in [0.25, 0.3) is 0 Å². The lowest BCUT2D eigenvalue weighted by Crippen LogP contribution is -2.31. The molecule has 1 rings (SSSR count). The molecule has 1 aromatic rings. The zero-order valence-corrected chi connectivity index (χ0v) is 8.47. The molecule has 0 unspecified atom stereocenters. The highest BCUT2D eigenvalue weighted by molar-refractivity contribution is 5.52. The van der Waals surface area contributed by atoms with Crippen LogP contribution in [0.15, 0.2) is 12.3 Å². The van der Waals surface area contributed by atoms with E-state index in [2.05, 4.69) is 4.98 Å². The maximum Gasteiger partial charge on any atom is 0.405 e. The molecule has 0 atom stereocenters. The van der Waals surface area contributed by atoms with E-state index in [4.69, 9.17) is 5.73 Å². The molecule has 0 saturated carbocycles. The van der Waals surface area contributed by atoms with Gasteiger partial charge in [-0.2, -0.15) is 13.2 Å². The fourth-order valence-corrected chi connectivity index (χ4v) is 1.33. The molecule has 1 aromatic heterocycles. The van der Waals surface area contributed by atoms with Crippen molar-refractivity contribution in [2.24, 2.45) is 0 Å². The van der Waals surface area contributed by atoms with Gasteiger partial charge >= 0.3 is 6.18 Å². The molecule has 0 aliphatic rings. The standard InChI is InChI=1S/C9H12F3N3/c1-6-3-7(13)4-14-8(6)15(2)5-9(10,11)12/h3-4H,5,13H2,1-2H3. The summed E-state index contributed by atoms with van der Waals surface area (Å²) < 4.78 is 36.3. The Morgan fingerprint density at radius 3 is 2.53 bits per heavy atom. The third kappa shape index (κ3) is 3.30. The van der Waals surface area contributed by atoms with Crippen molar-refractivity contribution in [3.8, 4) is 0 Å². The first-order valence-corrected chi connectivity index (χ1v) is 4.29. The SMILES string of the molecule is Cc1cc(N)cnc1N(C)CC(F)(F)F. The van der Waals surface area contributed by atoms with Crippen LogP contribution in [-0.4, -0.2) is 24.8 Å². The number of hydrogen-bond donors (Lipinski definition) is 1. The normalized spacial score (nSPS) is 11.5. The van der Waals surface area contributed by atoms with Gasteiger partial charge in [-0.05, 0) is 18.6 Å². The molecule has 0 amide bonds. The van der Waals surface area contributed by atoms with Gasteiger partial charge in [0.15, 0.2) is 0 Å². The van der Waals surface area contributed by atoms with E-state index in [1.165, 1.54) is 13.2 Å². The van der Waals surface area contributed by atoms with E-state index in [0.29, 0.717) is 17.1 Å². The summed E-state index contributed by atoms with van der Waals surface area (Å²) in [6.45, 7) is 0.649. The fourth-order valence-electron chi connectivity index (χ4n) is 1.33. The predicted molar refractivity (Wildman–Crippen MR) is 52.7 cm³/mol. The molecule has 6 heteroatoms. The molecule has 3 nitrogen and oxygen atoms in total. The molecule has 0 fully saturated rings. The fraction of sp³-hybridized carbons (Fsp3) is 0.444. The third-order valence-electron chi connectivity index (χ3n) is 1.85. The Bertz CT molecular complexity index is 349. The summed E-state index contributed by atoms with van der Waals surface area (Å²) in [5, 5.41) is 0. The van der Waals surface area contributed by atoms with E-state index in [1.807, 2.05) is 0 Å². The van der Waals surface area contributed by atoms with Crippen LogP contribution in [0, 0.1) is 6.92 Å². The number of halogens is 3. The van der Waals surface area contributed by atoms with Gasteiger partial charge in [0.25, 0.3) is 0 Å². The Hall–Kier alpha value is -1.46. The Labute approximate surface area is 85.7 Å². The van der Waals surface area contributed by atoms with E-state index in [0.717, 1.165) is 4.90 Å². The van der Waals surface area contributed by atoms with Gasteiger partial charge in [0.05, 0.1) is 11.9 Å². The quantitative estimate of drug-likeness (QED) is 0.826. The first-order chi connectivity index (χ1) is 6.79. The van der Waals surface area contributed by atoms with Gasteiger partial charge in [0, 0.05) is 7.05 Å². The minimum absolute atomic E-state index is 0.293. The van der Waals surface area contributed by atoms with Crippen LogP contribution in [0.4, 0.5) is 24.7 Å². The summed E-state index contributed by atoms with van der Waals surface area (Å²) in [4.78, 5) is 4.91. The van der Waals surface area contributed by atoms with Gasteiger partial charge in [-0.3, -0.25) is 0 Å². The van der Waals surface area contributed by atoms with Crippen LogP contribution in [-0.2, 0) is 0 Å². The summed E-state index contributed by atoms with van der Waals surface area (Å²) in [6.07, 6.45) is -2.89. The first kappa shape index (κ1) is 11.6. The zero-order chi connectivity index (χ0) is 11.6. The summed E-state index contributed by atoms with van der Waals surface area (Å²) in [7, 11) is 1.35. The van der Waals surface area contributed by atoms with Crippen LogP contribution in [0.1, 0.15) is 5.56 Å². The van der Waals surface area contributed by atoms with Crippen LogP contribution in [0.5, 0.6) is 0 Å². The van der Waals surface area contributed by atoms with Gasteiger partial charge in [0.2, 0.25) is 0 Å². The summed E-state index contributed by atoms with van der Waals surface area (Å²) >= 11 is 0. The van der Waals surface area contributed by atoms with Gasteiger partial charge < -0.3 is 10.6 Å². The molecule has 0 saturated heterocycles. The lowest BCUT2D eigenvalue weighted by Gasteiger charge is -2.21. The monoisotopic (exact) mass is 219 g/mol. The highest BCUT2D eigenvalue weighted by atomic mass is 19.4. The first-order valence-electron chi connectivity index (χ1n) is 4.29. The molecule has 0 spiro atoms. The van der Waals surface area contributed by atoms with Crippen molar-refractivity contribution < 1.29 is 13.2 Å². The van der Waals surface area contributed by atoms with Crippen molar-refractivity contribution >= 4 is 11.5 Å². The number of nitrogens with two attached hydrogens (primary N) is 1. The molecule has 0 aliphatic carbocycles. The average molecular weight is 219 g/mol. The molecule has 2 N–H and O–H groups in total. The number of rotatable bonds is 2. The van der Waals surface area contributed by atoms with Crippen molar-refractivity contribution in [2.45, 2.75) is 13.1 Å². The minimum Gasteiger partial charge on any atom is -0.397 e. The van der Waals surface area contributed by atoms with Gasteiger partial charge in [0.1, 0.15) is 12.4 Å². The topological polar surface area (TPSA) is 42.1 Å². The molecule has 84 valence electrons. The second-order valence-corrected chi connectivity index (χ2v) is 3.38. The molecule has 1 heterocycles. The summed E-state index contributed by atoms with van der Waals surface area (Å²) in [6, 6.07) is 1.59. The Morgan fingerprint density at radius 1 is 1.47 bits per heavy atom. The van der Waals surface area contributed by atoms with Crippen molar-refractivity contribution in [3.05, 3.63) is 17.8 Å². The Morgan fingerprint density at radius 2 is 2.07 bits per heavy atom. The maximum atomic E-state index is 12.1. The van der Waals surface area contributed by atoms with E-state index < -0.39 is 12.7 Å². The number of alkyl halides is 3. The second kappa shape index (κ2) is 3.96. The molecular weight excluding hydrogens is 207 g/mol. The summed E-state index contributed by atoms with van der Waals surface area (Å²) in [5.74, 6) is 0.293. The summed E-state index contributed by atoms with van der Waals surface area (Å²) in [5.41, 5.74) is 6.52. The van der Waals surface area contributed by atoms with E-state index >= 15 is 0 Å². The van der Waals surface area contributed by atoms with Crippen molar-refractivity contribution in [1.29, 1.82) is 0 Å². The molecule has 0 radical (unpaired) electrons. The molecule has 0 aliphatic heterocycles. The third-order valence-corrected chi connectivity index (χ3v) is 1.85. The van der Waals surface area contributed by atoms with Crippen LogP contribution in [0.3, 0.4) is 0 Å². The number of anilines is 2. The van der Waals surface area contributed by atoms with E-state index in [9.17, 15) is 13.2 Å². The molecule has 15 heavy (non-hydrogen) atoms. The molecular formula is C9H12F3N3. The van der Waals surface area contributed by atoms with Gasteiger partial charge in [-0.15, -0.1) is 0 Å².